The van der Waals surface area contributed by atoms with E-state index in [9.17, 15) is 0 Å². The Kier molecular flexibility index (Phi) is 5.29. The molecule has 2 nitrogen and oxygen atoms in total. The van der Waals surface area contributed by atoms with Crippen LogP contribution in [0.5, 0.6) is 0 Å². The average molecular weight is 128 g/mol. The predicted octanol–water partition coefficient (Wildman–Crippen LogP) is 0.407. The molecule has 0 aliphatic carbocycles. The number of hydrogen-bond acceptors (Lipinski definition) is 2. The van der Waals surface area contributed by atoms with Crippen LogP contribution in [0.15, 0.2) is 0 Å². The van der Waals surface area contributed by atoms with E-state index in [2.05, 4.69) is 5.92 Å². The van der Waals surface area contributed by atoms with E-state index in [4.69, 9.17) is 16.3 Å². The minimum Gasteiger partial charge on any atom is -0.394 e. The quantitative estimate of drug-likeness (QED) is 0.555. The van der Waals surface area contributed by atoms with Gasteiger partial charge in [-0.05, 0) is 6.92 Å². The number of hydrogen-bond donors (Lipinski definition) is 1. The second-order valence-electron chi connectivity index (χ2n) is 1.81. The predicted molar refractivity (Wildman–Crippen MR) is 35.9 cm³/mol. The Labute approximate surface area is 55.8 Å². The molecular weight excluding hydrogens is 116 g/mol. The maximum Gasteiger partial charge on any atom is 0.0701 e. The summed E-state index contributed by atoms with van der Waals surface area (Å²) in [4.78, 5) is 0. The summed E-state index contributed by atoms with van der Waals surface area (Å²) in [7, 11) is 0. The molecule has 9 heavy (non-hydrogen) atoms. The monoisotopic (exact) mass is 128 g/mol. The summed E-state index contributed by atoms with van der Waals surface area (Å²) < 4.78 is 5.04. The van der Waals surface area contributed by atoms with Gasteiger partial charge in [0.25, 0.3) is 0 Å². The van der Waals surface area contributed by atoms with Crippen LogP contribution in [0.1, 0.15) is 13.3 Å². The van der Waals surface area contributed by atoms with E-state index < -0.39 is 0 Å². The van der Waals surface area contributed by atoms with Crippen LogP contribution in [-0.4, -0.2) is 24.4 Å². The Bertz CT molecular complexity index is 93.6. The molecule has 0 spiro atoms. The SMILES string of the molecule is C#CCC(C)OCCO. The van der Waals surface area contributed by atoms with Crippen LogP contribution in [0.3, 0.4) is 0 Å². The molecule has 0 aliphatic rings. The van der Waals surface area contributed by atoms with E-state index in [0.717, 1.165) is 0 Å². The van der Waals surface area contributed by atoms with Gasteiger partial charge in [-0.2, -0.15) is 0 Å². The van der Waals surface area contributed by atoms with Crippen LogP contribution in [0, 0.1) is 12.3 Å². The molecule has 0 aromatic heterocycles. The van der Waals surface area contributed by atoms with Gasteiger partial charge in [0.2, 0.25) is 0 Å². The smallest absolute Gasteiger partial charge is 0.0701 e. The number of aliphatic hydroxyl groups excluding tert-OH is 1. The van der Waals surface area contributed by atoms with Crippen molar-refractivity contribution in [2.75, 3.05) is 13.2 Å². The molecule has 0 radical (unpaired) electrons. The van der Waals surface area contributed by atoms with Crippen molar-refractivity contribution < 1.29 is 9.84 Å². The lowest BCUT2D eigenvalue weighted by molar-refractivity contribution is 0.0421. The first-order chi connectivity index (χ1) is 4.31. The highest BCUT2D eigenvalue weighted by atomic mass is 16.5. The van der Waals surface area contributed by atoms with Gasteiger partial charge in [-0.25, -0.2) is 0 Å². The topological polar surface area (TPSA) is 29.5 Å². The maximum atomic E-state index is 8.31. The van der Waals surface area contributed by atoms with Crippen molar-refractivity contribution in [3.63, 3.8) is 0 Å². The van der Waals surface area contributed by atoms with Crippen molar-refractivity contribution in [1.29, 1.82) is 0 Å². The molecule has 0 aromatic carbocycles. The molecule has 0 bridgehead atoms. The Balaban J connectivity index is 3.08. The van der Waals surface area contributed by atoms with Crippen LogP contribution in [0.4, 0.5) is 0 Å². The molecule has 0 saturated heterocycles. The molecule has 0 rings (SSSR count). The Morgan fingerprint density at radius 2 is 2.44 bits per heavy atom. The van der Waals surface area contributed by atoms with E-state index >= 15 is 0 Å². The fraction of sp³-hybridized carbons (Fsp3) is 0.714. The van der Waals surface area contributed by atoms with Gasteiger partial charge in [0.05, 0.1) is 19.3 Å². The van der Waals surface area contributed by atoms with Gasteiger partial charge in [0.15, 0.2) is 0 Å². The second kappa shape index (κ2) is 5.61. The molecule has 2 heteroatoms. The van der Waals surface area contributed by atoms with Crippen molar-refractivity contribution in [1.82, 2.24) is 0 Å². The van der Waals surface area contributed by atoms with Gasteiger partial charge in [-0.3, -0.25) is 0 Å². The van der Waals surface area contributed by atoms with Gasteiger partial charge >= 0.3 is 0 Å². The van der Waals surface area contributed by atoms with E-state index in [0.29, 0.717) is 13.0 Å². The van der Waals surface area contributed by atoms with Crippen molar-refractivity contribution in [3.05, 3.63) is 0 Å². The van der Waals surface area contributed by atoms with Gasteiger partial charge in [0.1, 0.15) is 0 Å². The summed E-state index contributed by atoms with van der Waals surface area (Å²) in [6, 6.07) is 0. The molecule has 0 fully saturated rings. The van der Waals surface area contributed by atoms with Crippen molar-refractivity contribution in [2.45, 2.75) is 19.4 Å². The molecule has 1 N–H and O–H groups in total. The van der Waals surface area contributed by atoms with Crippen LogP contribution < -0.4 is 0 Å². The molecule has 52 valence electrons. The summed E-state index contributed by atoms with van der Waals surface area (Å²) in [6.07, 6.45) is 5.69. The lowest BCUT2D eigenvalue weighted by atomic mass is 10.3. The molecule has 0 amide bonds. The molecule has 1 unspecified atom stereocenters. The molecule has 0 aliphatic heterocycles. The Morgan fingerprint density at radius 3 is 2.89 bits per heavy atom. The third kappa shape index (κ3) is 5.35. The van der Waals surface area contributed by atoms with Crippen LogP contribution in [-0.2, 0) is 4.74 Å². The molecule has 0 saturated carbocycles. The van der Waals surface area contributed by atoms with Gasteiger partial charge in [0, 0.05) is 6.42 Å². The number of rotatable bonds is 4. The third-order valence-corrected chi connectivity index (χ3v) is 0.899. The molecular formula is C7H12O2. The standard InChI is InChI=1S/C7H12O2/c1-3-4-7(2)9-6-5-8/h1,7-8H,4-6H2,2H3. The summed E-state index contributed by atoms with van der Waals surface area (Å²) in [5, 5.41) is 8.31. The average Bonchev–Trinajstić information content (AvgIpc) is 1.85. The molecule has 0 heterocycles. The zero-order chi connectivity index (χ0) is 7.11. The van der Waals surface area contributed by atoms with Crippen LogP contribution >= 0.6 is 0 Å². The van der Waals surface area contributed by atoms with Crippen LogP contribution in [0.25, 0.3) is 0 Å². The summed E-state index contributed by atoms with van der Waals surface area (Å²) >= 11 is 0. The zero-order valence-electron chi connectivity index (χ0n) is 5.63. The van der Waals surface area contributed by atoms with Crippen molar-refractivity contribution >= 4 is 0 Å². The minimum atomic E-state index is 0.0644. The van der Waals surface area contributed by atoms with Gasteiger partial charge in [-0.15, -0.1) is 12.3 Å². The summed E-state index contributed by atoms with van der Waals surface area (Å²) in [6.45, 7) is 2.33. The Morgan fingerprint density at radius 1 is 1.78 bits per heavy atom. The highest BCUT2D eigenvalue weighted by Crippen LogP contribution is 1.93. The van der Waals surface area contributed by atoms with Crippen molar-refractivity contribution in [2.24, 2.45) is 0 Å². The number of aliphatic hydroxyl groups is 1. The maximum absolute atomic E-state index is 8.31. The highest BCUT2D eigenvalue weighted by Gasteiger charge is 1.96. The van der Waals surface area contributed by atoms with E-state index in [1.54, 1.807) is 0 Å². The van der Waals surface area contributed by atoms with Crippen molar-refractivity contribution in [3.8, 4) is 12.3 Å². The fourth-order valence-electron chi connectivity index (χ4n) is 0.479. The Hall–Kier alpha value is -0.520. The molecule has 1 atom stereocenters. The first-order valence-corrected chi connectivity index (χ1v) is 2.97. The first kappa shape index (κ1) is 8.48. The minimum absolute atomic E-state index is 0.0644. The summed E-state index contributed by atoms with van der Waals surface area (Å²) in [5.41, 5.74) is 0. The second-order valence-corrected chi connectivity index (χ2v) is 1.81. The lowest BCUT2D eigenvalue weighted by Crippen LogP contribution is -2.10. The third-order valence-electron chi connectivity index (χ3n) is 0.899. The lowest BCUT2D eigenvalue weighted by Gasteiger charge is -2.06. The number of ether oxygens (including phenoxy) is 1. The number of terminal acetylenes is 1. The van der Waals surface area contributed by atoms with E-state index in [-0.39, 0.29) is 12.7 Å². The summed E-state index contributed by atoms with van der Waals surface area (Å²) in [5.74, 6) is 2.47. The van der Waals surface area contributed by atoms with Gasteiger partial charge < -0.3 is 9.84 Å². The fourth-order valence-corrected chi connectivity index (χ4v) is 0.479. The normalized spacial score (nSPS) is 12.6. The van der Waals surface area contributed by atoms with Gasteiger partial charge in [-0.1, -0.05) is 0 Å². The zero-order valence-corrected chi connectivity index (χ0v) is 5.63. The molecule has 0 aromatic rings. The van der Waals surface area contributed by atoms with Crippen LogP contribution in [0.2, 0.25) is 0 Å². The highest BCUT2D eigenvalue weighted by molar-refractivity contribution is 4.85. The van der Waals surface area contributed by atoms with E-state index in [1.165, 1.54) is 0 Å². The largest absolute Gasteiger partial charge is 0.394 e. The first-order valence-electron chi connectivity index (χ1n) is 2.97. The van der Waals surface area contributed by atoms with E-state index in [1.807, 2.05) is 6.92 Å².